The van der Waals surface area contributed by atoms with Crippen LogP contribution in [0.3, 0.4) is 0 Å². The second-order valence-corrected chi connectivity index (χ2v) is 7.41. The van der Waals surface area contributed by atoms with Crippen molar-refractivity contribution in [3.63, 3.8) is 0 Å². The lowest BCUT2D eigenvalue weighted by molar-refractivity contribution is 0.288. The molecule has 0 aliphatic heterocycles. The van der Waals surface area contributed by atoms with E-state index in [-0.39, 0.29) is 5.56 Å². The van der Waals surface area contributed by atoms with Crippen molar-refractivity contribution in [2.75, 3.05) is 13.7 Å². The van der Waals surface area contributed by atoms with Crippen molar-refractivity contribution in [3.05, 3.63) is 63.2 Å². The van der Waals surface area contributed by atoms with Gasteiger partial charge in [-0.25, -0.2) is 0 Å². The van der Waals surface area contributed by atoms with Gasteiger partial charge in [0.1, 0.15) is 0 Å². The highest BCUT2D eigenvalue weighted by atomic mass is 32.1. The number of aromatic nitrogens is 4. The number of benzene rings is 1. The number of methoxy groups -OCH3 is 1. The summed E-state index contributed by atoms with van der Waals surface area (Å²) in [6.45, 7) is 2.76. The van der Waals surface area contributed by atoms with E-state index >= 15 is 0 Å². The molecule has 1 aromatic carbocycles. The van der Waals surface area contributed by atoms with Crippen LogP contribution in [-0.4, -0.2) is 33.3 Å². The minimum absolute atomic E-state index is 0.199. The molecule has 0 amide bonds. The van der Waals surface area contributed by atoms with Gasteiger partial charge in [-0.15, -0.1) is 5.10 Å². The van der Waals surface area contributed by atoms with Crippen molar-refractivity contribution in [2.24, 2.45) is 0 Å². The molecule has 0 saturated carbocycles. The lowest BCUT2D eigenvalue weighted by Crippen LogP contribution is -2.23. The fourth-order valence-electron chi connectivity index (χ4n) is 2.82. The third kappa shape index (κ3) is 3.97. The molecule has 0 aliphatic rings. The highest BCUT2D eigenvalue weighted by Gasteiger charge is 2.12. The van der Waals surface area contributed by atoms with Crippen molar-refractivity contribution in [1.82, 2.24) is 19.6 Å². The van der Waals surface area contributed by atoms with E-state index in [0.29, 0.717) is 33.4 Å². The Morgan fingerprint density at radius 1 is 1.24 bits per heavy atom. The number of hydrogen-bond acceptors (Lipinski definition) is 7. The largest absolute Gasteiger partial charge is 0.493 e. The topological polar surface area (TPSA) is 78.6 Å². The Balaban J connectivity index is 1.66. The summed E-state index contributed by atoms with van der Waals surface area (Å²) in [6.07, 6.45) is 7.22. The SMILES string of the molecule is CCCCOc1ccc(/C=c2/sc3nc(-c4cccnc4)nn3c2=O)cc1OC. The van der Waals surface area contributed by atoms with Crippen LogP contribution in [0.1, 0.15) is 25.3 Å². The van der Waals surface area contributed by atoms with Crippen molar-refractivity contribution < 1.29 is 9.47 Å². The lowest BCUT2D eigenvalue weighted by atomic mass is 10.2. The number of fused-ring (bicyclic) bond motifs is 1. The van der Waals surface area contributed by atoms with E-state index < -0.39 is 0 Å². The molecular formula is C21H20N4O3S. The monoisotopic (exact) mass is 408 g/mol. The maximum atomic E-state index is 12.7. The fourth-order valence-corrected chi connectivity index (χ4v) is 3.73. The quantitative estimate of drug-likeness (QED) is 0.438. The summed E-state index contributed by atoms with van der Waals surface area (Å²) in [5.74, 6) is 1.83. The Morgan fingerprint density at radius 2 is 2.14 bits per heavy atom. The number of rotatable bonds is 7. The summed E-state index contributed by atoms with van der Waals surface area (Å²) >= 11 is 1.30. The van der Waals surface area contributed by atoms with Gasteiger partial charge < -0.3 is 9.47 Å². The first-order valence-electron chi connectivity index (χ1n) is 9.32. The van der Waals surface area contributed by atoms with E-state index in [1.807, 2.05) is 36.4 Å². The molecular weight excluding hydrogens is 388 g/mol. The zero-order valence-electron chi connectivity index (χ0n) is 16.2. The molecule has 4 aromatic rings. The van der Waals surface area contributed by atoms with Crippen LogP contribution in [0.2, 0.25) is 0 Å². The molecule has 4 rings (SSSR count). The third-order valence-electron chi connectivity index (χ3n) is 4.34. The zero-order valence-corrected chi connectivity index (χ0v) is 17.0. The van der Waals surface area contributed by atoms with Gasteiger partial charge in [-0.2, -0.15) is 9.50 Å². The Kier molecular flexibility index (Phi) is 5.53. The van der Waals surface area contributed by atoms with Crippen LogP contribution in [0, 0.1) is 0 Å². The average Bonchev–Trinajstić information content (AvgIpc) is 3.29. The van der Waals surface area contributed by atoms with Gasteiger partial charge in [0.15, 0.2) is 17.3 Å². The van der Waals surface area contributed by atoms with Gasteiger partial charge in [-0.1, -0.05) is 30.7 Å². The van der Waals surface area contributed by atoms with E-state index in [2.05, 4.69) is 22.0 Å². The maximum Gasteiger partial charge on any atom is 0.291 e. The molecule has 3 heterocycles. The summed E-state index contributed by atoms with van der Waals surface area (Å²) in [7, 11) is 1.61. The minimum atomic E-state index is -0.199. The van der Waals surface area contributed by atoms with Gasteiger partial charge in [0.05, 0.1) is 18.2 Å². The molecule has 8 heteroatoms. The lowest BCUT2D eigenvalue weighted by Gasteiger charge is -2.10. The predicted molar refractivity (Wildman–Crippen MR) is 113 cm³/mol. The van der Waals surface area contributed by atoms with Gasteiger partial charge in [-0.05, 0) is 42.3 Å². The summed E-state index contributed by atoms with van der Waals surface area (Å²) < 4.78 is 13.1. The zero-order chi connectivity index (χ0) is 20.2. The molecule has 0 spiro atoms. The van der Waals surface area contributed by atoms with E-state index in [9.17, 15) is 4.79 Å². The van der Waals surface area contributed by atoms with Gasteiger partial charge in [0, 0.05) is 18.0 Å². The molecule has 0 radical (unpaired) electrons. The number of thiazole rings is 1. The second kappa shape index (κ2) is 8.40. The fraction of sp³-hybridized carbons (Fsp3) is 0.238. The van der Waals surface area contributed by atoms with Crippen molar-refractivity contribution in [3.8, 4) is 22.9 Å². The van der Waals surface area contributed by atoms with Gasteiger partial charge >= 0.3 is 0 Å². The maximum absolute atomic E-state index is 12.7. The van der Waals surface area contributed by atoms with Crippen LogP contribution in [-0.2, 0) is 0 Å². The summed E-state index contributed by atoms with van der Waals surface area (Å²) in [6, 6.07) is 9.30. The van der Waals surface area contributed by atoms with Crippen LogP contribution >= 0.6 is 11.3 Å². The smallest absolute Gasteiger partial charge is 0.291 e. The van der Waals surface area contributed by atoms with Crippen molar-refractivity contribution in [1.29, 1.82) is 0 Å². The Bertz CT molecular complexity index is 1230. The normalized spacial score (nSPS) is 11.9. The number of pyridine rings is 1. The summed E-state index contributed by atoms with van der Waals surface area (Å²) in [5, 5.41) is 4.33. The van der Waals surface area contributed by atoms with Crippen LogP contribution < -0.4 is 19.6 Å². The first kappa shape index (κ1) is 19.1. The van der Waals surface area contributed by atoms with E-state index in [0.717, 1.165) is 24.0 Å². The molecule has 29 heavy (non-hydrogen) atoms. The number of unbranched alkanes of at least 4 members (excludes halogenated alkanes) is 1. The Hall–Kier alpha value is -3.26. The molecule has 0 aliphatic carbocycles. The van der Waals surface area contributed by atoms with Crippen LogP contribution in [0.25, 0.3) is 22.4 Å². The first-order chi connectivity index (χ1) is 14.2. The third-order valence-corrected chi connectivity index (χ3v) is 5.30. The molecule has 0 bridgehead atoms. The Morgan fingerprint density at radius 3 is 2.86 bits per heavy atom. The average molecular weight is 408 g/mol. The van der Waals surface area contributed by atoms with Crippen molar-refractivity contribution >= 4 is 22.4 Å². The molecule has 3 aromatic heterocycles. The van der Waals surface area contributed by atoms with E-state index in [4.69, 9.17) is 9.47 Å². The van der Waals surface area contributed by atoms with Crippen LogP contribution in [0.4, 0.5) is 0 Å². The minimum Gasteiger partial charge on any atom is -0.493 e. The molecule has 0 atom stereocenters. The summed E-state index contributed by atoms with van der Waals surface area (Å²) in [5.41, 5.74) is 1.42. The predicted octanol–water partition coefficient (Wildman–Crippen LogP) is 2.95. The van der Waals surface area contributed by atoms with Gasteiger partial charge in [-0.3, -0.25) is 9.78 Å². The second-order valence-electron chi connectivity index (χ2n) is 6.40. The molecule has 7 nitrogen and oxygen atoms in total. The number of nitrogens with zero attached hydrogens (tertiary/aromatic N) is 4. The molecule has 0 fully saturated rings. The standard InChI is InChI=1S/C21H20N4O3S/c1-3-4-10-28-16-8-7-14(11-17(16)27-2)12-18-20(26)25-21(29-18)23-19(24-25)15-6-5-9-22-13-15/h5-9,11-13H,3-4,10H2,1-2H3/b18-12+. The molecule has 0 unspecified atom stereocenters. The first-order valence-corrected chi connectivity index (χ1v) is 10.1. The van der Waals surface area contributed by atoms with E-state index in [1.54, 1.807) is 19.5 Å². The van der Waals surface area contributed by atoms with Crippen LogP contribution in [0.15, 0.2) is 47.5 Å². The van der Waals surface area contributed by atoms with Gasteiger partial charge in [0.25, 0.3) is 5.56 Å². The summed E-state index contributed by atoms with van der Waals surface area (Å²) in [4.78, 5) is 21.8. The van der Waals surface area contributed by atoms with Crippen molar-refractivity contribution in [2.45, 2.75) is 19.8 Å². The molecule has 148 valence electrons. The van der Waals surface area contributed by atoms with Crippen LogP contribution in [0.5, 0.6) is 11.5 Å². The Labute approximate surface area is 171 Å². The number of ether oxygens (including phenoxy) is 2. The van der Waals surface area contributed by atoms with Gasteiger partial charge in [0.2, 0.25) is 4.96 Å². The molecule has 0 N–H and O–H groups in total. The van der Waals surface area contributed by atoms with E-state index in [1.165, 1.54) is 15.9 Å². The number of hydrogen-bond donors (Lipinski definition) is 0. The highest BCUT2D eigenvalue weighted by Crippen LogP contribution is 2.28. The highest BCUT2D eigenvalue weighted by molar-refractivity contribution is 7.15. The molecule has 0 saturated heterocycles.